The second-order valence-electron chi connectivity index (χ2n) is 7.99. The van der Waals surface area contributed by atoms with Crippen LogP contribution in [-0.4, -0.2) is 24.0 Å². The normalized spacial score (nSPS) is 10.9. The molecule has 0 aliphatic rings. The molecule has 1 N–H and O–H groups in total. The largest absolute Gasteiger partial charge is 0.490 e. The van der Waals surface area contributed by atoms with Gasteiger partial charge in [0.05, 0.1) is 16.6 Å². The number of ether oxygens (including phenoxy) is 2. The van der Waals surface area contributed by atoms with E-state index < -0.39 is 10.8 Å². The van der Waals surface area contributed by atoms with Crippen molar-refractivity contribution in [3.05, 3.63) is 104 Å². The third-order valence-corrected chi connectivity index (χ3v) is 5.59. The van der Waals surface area contributed by atoms with Crippen molar-refractivity contribution in [3.8, 4) is 17.6 Å². The number of carbonyl (C=O) groups excluding carboxylic acids is 1. The minimum atomic E-state index is -0.471. The molecule has 0 aliphatic heterocycles. The van der Waals surface area contributed by atoms with Gasteiger partial charge in [0.1, 0.15) is 18.2 Å². The van der Waals surface area contributed by atoms with Gasteiger partial charge in [0.25, 0.3) is 11.6 Å². The summed E-state index contributed by atoms with van der Waals surface area (Å²) in [6, 6.07) is 21.1. The lowest BCUT2D eigenvalue weighted by Crippen LogP contribution is -2.25. The van der Waals surface area contributed by atoms with Gasteiger partial charge in [-0.15, -0.1) is 0 Å². The van der Waals surface area contributed by atoms with Gasteiger partial charge in [-0.1, -0.05) is 41.9 Å². The van der Waals surface area contributed by atoms with Gasteiger partial charge in [0.2, 0.25) is 0 Å². The Labute approximate surface area is 220 Å². The van der Waals surface area contributed by atoms with Crippen molar-refractivity contribution in [2.24, 2.45) is 0 Å². The van der Waals surface area contributed by atoms with Crippen LogP contribution >= 0.6 is 11.6 Å². The highest BCUT2D eigenvalue weighted by Gasteiger charge is 2.15. The zero-order chi connectivity index (χ0) is 26.6. The Morgan fingerprint density at radius 3 is 2.49 bits per heavy atom. The van der Waals surface area contributed by atoms with E-state index in [1.54, 1.807) is 31.2 Å². The number of nitriles is 1. The van der Waals surface area contributed by atoms with E-state index in [-0.39, 0.29) is 22.9 Å². The number of hydrogen-bond acceptors (Lipinski definition) is 6. The zero-order valence-corrected chi connectivity index (χ0v) is 21.0. The van der Waals surface area contributed by atoms with Crippen LogP contribution in [0.3, 0.4) is 0 Å². The molecule has 37 heavy (non-hydrogen) atoms. The summed E-state index contributed by atoms with van der Waals surface area (Å²) in [6.45, 7) is 2.69. The molecule has 0 fully saturated rings. The summed E-state index contributed by atoms with van der Waals surface area (Å²) in [4.78, 5) is 22.9. The molecule has 0 radical (unpaired) electrons. The summed E-state index contributed by atoms with van der Waals surface area (Å²) in [5, 5.41) is 23.4. The number of amides is 1. The summed E-state index contributed by atoms with van der Waals surface area (Å²) in [7, 11) is 0. The molecule has 0 aliphatic carbocycles. The third kappa shape index (κ3) is 8.09. The Bertz CT molecular complexity index is 1300. The Morgan fingerprint density at radius 2 is 1.84 bits per heavy atom. The number of nitrogens with zero attached hydrogens (tertiary/aromatic N) is 2. The number of nitro benzene ring substituents is 1. The second kappa shape index (κ2) is 13.7. The standard InChI is InChI=1S/C28H26ClN3O5/c1-2-36-26-17-22(15-23(18-30)28(33)31-14-6-9-20-7-4-3-5-8-20)16-25(29)27(26)37-19-21-10-12-24(13-11-21)32(34)35/h3-5,7-8,10-13,15-17H,2,6,9,14,19H2,1H3,(H,31,33)/b23-15-. The maximum absolute atomic E-state index is 12.5. The van der Waals surface area contributed by atoms with Crippen LogP contribution in [0.15, 0.2) is 72.3 Å². The molecule has 0 spiro atoms. The summed E-state index contributed by atoms with van der Waals surface area (Å²) in [6.07, 6.45) is 3.01. The lowest BCUT2D eigenvalue weighted by atomic mass is 10.1. The van der Waals surface area contributed by atoms with Crippen molar-refractivity contribution in [2.75, 3.05) is 13.2 Å². The van der Waals surface area contributed by atoms with Gasteiger partial charge >= 0.3 is 0 Å². The van der Waals surface area contributed by atoms with Crippen LogP contribution < -0.4 is 14.8 Å². The van der Waals surface area contributed by atoms with E-state index in [0.29, 0.717) is 35.8 Å². The summed E-state index contributed by atoms with van der Waals surface area (Å²) >= 11 is 6.46. The van der Waals surface area contributed by atoms with E-state index in [1.165, 1.54) is 23.8 Å². The smallest absolute Gasteiger partial charge is 0.269 e. The molecule has 0 bridgehead atoms. The van der Waals surface area contributed by atoms with Crippen molar-refractivity contribution in [1.82, 2.24) is 5.32 Å². The van der Waals surface area contributed by atoms with Gasteiger partial charge in [0, 0.05) is 18.7 Å². The van der Waals surface area contributed by atoms with E-state index in [9.17, 15) is 20.2 Å². The molecule has 0 saturated heterocycles. The van der Waals surface area contributed by atoms with Gasteiger partial charge in [-0.3, -0.25) is 14.9 Å². The number of carbonyl (C=O) groups is 1. The zero-order valence-electron chi connectivity index (χ0n) is 20.3. The SMILES string of the molecule is CCOc1cc(/C=C(/C#N)C(=O)NCCCc2ccccc2)cc(Cl)c1OCc1ccc([N+](=O)[O-])cc1. The van der Waals surface area contributed by atoms with E-state index in [2.05, 4.69) is 5.32 Å². The first-order valence-corrected chi connectivity index (χ1v) is 12.1. The number of non-ortho nitro benzene ring substituents is 1. The molecule has 3 rings (SSSR count). The highest BCUT2D eigenvalue weighted by Crippen LogP contribution is 2.38. The van der Waals surface area contributed by atoms with Gasteiger partial charge in [-0.05, 0) is 66.8 Å². The first kappa shape index (κ1) is 27.2. The van der Waals surface area contributed by atoms with Crippen LogP contribution in [0.25, 0.3) is 6.08 Å². The predicted octanol–water partition coefficient (Wildman–Crippen LogP) is 5.88. The average Bonchev–Trinajstić information content (AvgIpc) is 2.90. The Kier molecular flexibility index (Phi) is 10.1. The van der Waals surface area contributed by atoms with E-state index in [0.717, 1.165) is 12.8 Å². The van der Waals surface area contributed by atoms with Crippen LogP contribution in [-0.2, 0) is 17.8 Å². The molecule has 8 nitrogen and oxygen atoms in total. The first-order chi connectivity index (χ1) is 17.9. The Morgan fingerprint density at radius 1 is 1.11 bits per heavy atom. The van der Waals surface area contributed by atoms with Crippen molar-refractivity contribution in [1.29, 1.82) is 5.26 Å². The van der Waals surface area contributed by atoms with Crippen LogP contribution in [0.5, 0.6) is 11.5 Å². The van der Waals surface area contributed by atoms with Crippen LogP contribution in [0.4, 0.5) is 5.69 Å². The number of hydrogen-bond donors (Lipinski definition) is 1. The number of benzene rings is 3. The minimum Gasteiger partial charge on any atom is -0.490 e. The third-order valence-electron chi connectivity index (χ3n) is 5.31. The molecule has 0 aromatic heterocycles. The quantitative estimate of drug-likeness (QED) is 0.105. The van der Waals surface area contributed by atoms with E-state index in [4.69, 9.17) is 21.1 Å². The monoisotopic (exact) mass is 519 g/mol. The number of halogens is 1. The molecule has 190 valence electrons. The topological polar surface area (TPSA) is 114 Å². The highest BCUT2D eigenvalue weighted by molar-refractivity contribution is 6.32. The van der Waals surface area contributed by atoms with Gasteiger partial charge in [-0.2, -0.15) is 5.26 Å². The average molecular weight is 520 g/mol. The van der Waals surface area contributed by atoms with Crippen molar-refractivity contribution >= 4 is 29.3 Å². The minimum absolute atomic E-state index is 0.0125. The lowest BCUT2D eigenvalue weighted by Gasteiger charge is -2.15. The number of nitro groups is 1. The predicted molar refractivity (Wildman–Crippen MR) is 141 cm³/mol. The summed E-state index contributed by atoms with van der Waals surface area (Å²) in [5.74, 6) is 0.176. The summed E-state index contributed by atoms with van der Waals surface area (Å²) in [5.41, 5.74) is 2.33. The number of aryl methyl sites for hydroxylation is 1. The lowest BCUT2D eigenvalue weighted by molar-refractivity contribution is -0.384. The van der Waals surface area contributed by atoms with Crippen LogP contribution in [0.2, 0.25) is 5.02 Å². The van der Waals surface area contributed by atoms with E-state index >= 15 is 0 Å². The molecular formula is C28H26ClN3O5. The molecule has 1 amide bonds. The molecule has 0 heterocycles. The summed E-state index contributed by atoms with van der Waals surface area (Å²) < 4.78 is 11.5. The maximum Gasteiger partial charge on any atom is 0.269 e. The van der Waals surface area contributed by atoms with Crippen LogP contribution in [0.1, 0.15) is 30.0 Å². The van der Waals surface area contributed by atoms with Gasteiger partial charge < -0.3 is 14.8 Å². The molecule has 0 unspecified atom stereocenters. The molecule has 0 atom stereocenters. The van der Waals surface area contributed by atoms with Crippen molar-refractivity contribution in [2.45, 2.75) is 26.4 Å². The molecule has 0 saturated carbocycles. The number of nitrogens with one attached hydrogen (secondary N) is 1. The molecular weight excluding hydrogens is 494 g/mol. The maximum atomic E-state index is 12.5. The van der Waals surface area contributed by atoms with Crippen LogP contribution in [0, 0.1) is 21.4 Å². The van der Waals surface area contributed by atoms with Gasteiger partial charge in [0.15, 0.2) is 11.5 Å². The Hall–Kier alpha value is -4.35. The van der Waals surface area contributed by atoms with Crippen molar-refractivity contribution < 1.29 is 19.2 Å². The first-order valence-electron chi connectivity index (χ1n) is 11.7. The van der Waals surface area contributed by atoms with Gasteiger partial charge in [-0.25, -0.2) is 0 Å². The molecule has 3 aromatic carbocycles. The Balaban J connectivity index is 1.68. The van der Waals surface area contributed by atoms with E-state index in [1.807, 2.05) is 36.4 Å². The molecule has 3 aromatic rings. The van der Waals surface area contributed by atoms with Crippen molar-refractivity contribution in [3.63, 3.8) is 0 Å². The fourth-order valence-corrected chi connectivity index (χ4v) is 3.77. The molecule has 9 heteroatoms. The fourth-order valence-electron chi connectivity index (χ4n) is 3.49. The number of rotatable bonds is 12. The highest BCUT2D eigenvalue weighted by atomic mass is 35.5. The fraction of sp³-hybridized carbons (Fsp3) is 0.214. The second-order valence-corrected chi connectivity index (χ2v) is 8.40.